The Bertz CT molecular complexity index is 1500. The van der Waals surface area contributed by atoms with Gasteiger partial charge in [0, 0.05) is 25.2 Å². The molecule has 0 aliphatic rings. The zero-order valence-electron chi connectivity index (χ0n) is 23.2. The van der Waals surface area contributed by atoms with Crippen LogP contribution in [0.25, 0.3) is 23.3 Å². The van der Waals surface area contributed by atoms with Crippen molar-refractivity contribution in [3.8, 4) is 11.1 Å². The van der Waals surface area contributed by atoms with Crippen LogP contribution in [0, 0.1) is 0 Å². The number of nitrogens with one attached hydrogen (secondary N) is 4. The Labute approximate surface area is 244 Å². The van der Waals surface area contributed by atoms with Gasteiger partial charge in [-0.25, -0.2) is 0 Å². The molecule has 210 valence electrons. The summed E-state index contributed by atoms with van der Waals surface area (Å²) in [6, 6.07) is 33.0. The van der Waals surface area contributed by atoms with E-state index in [1.807, 2.05) is 84.9 Å². The first-order valence-corrected chi connectivity index (χ1v) is 13.2. The predicted octanol–water partition coefficient (Wildman–Crippen LogP) is 5.59. The van der Waals surface area contributed by atoms with Crippen molar-refractivity contribution in [2.75, 3.05) is 10.6 Å². The molecule has 0 heterocycles. The number of carbonyl (C=O) groups excluding carboxylic acids is 4. The molecule has 0 saturated carbocycles. The van der Waals surface area contributed by atoms with Crippen LogP contribution in [-0.4, -0.2) is 23.6 Å². The fourth-order valence-electron chi connectivity index (χ4n) is 4.02. The third kappa shape index (κ3) is 8.62. The molecule has 8 heteroatoms. The SMILES string of the molecule is CC(=O)N/C(=C\c1ccccc1)C(=O)Nc1ccc(-c2ccc(NC(=O)/C(=C\c3ccccc3)NC(C)=O)cc2)cc1. The zero-order chi connectivity index (χ0) is 29.9. The quantitative estimate of drug-likeness (QED) is 0.201. The molecule has 0 unspecified atom stereocenters. The van der Waals surface area contributed by atoms with Crippen molar-refractivity contribution in [3.05, 3.63) is 132 Å². The minimum Gasteiger partial charge on any atom is -0.322 e. The maximum absolute atomic E-state index is 12.9. The fraction of sp³-hybridized carbons (Fsp3) is 0.0588. The topological polar surface area (TPSA) is 116 Å². The van der Waals surface area contributed by atoms with Crippen molar-refractivity contribution in [2.24, 2.45) is 0 Å². The standard InChI is InChI=1S/C34H30N4O4/c1-23(39)35-31(21-25-9-5-3-6-10-25)33(41)37-29-17-13-27(14-18-29)28-15-19-30(20-16-28)38-34(42)32(36-24(2)40)22-26-11-7-4-8-12-26/h3-22H,1-2H3,(H,35,39)(H,36,40)(H,37,41)(H,38,42)/b31-21-,32-22+. The van der Waals surface area contributed by atoms with E-state index in [9.17, 15) is 19.2 Å². The Morgan fingerprint density at radius 2 is 0.810 bits per heavy atom. The second-order valence-corrected chi connectivity index (χ2v) is 9.36. The van der Waals surface area contributed by atoms with E-state index in [4.69, 9.17) is 0 Å². The van der Waals surface area contributed by atoms with Crippen molar-refractivity contribution in [2.45, 2.75) is 13.8 Å². The maximum Gasteiger partial charge on any atom is 0.272 e. The van der Waals surface area contributed by atoms with Crippen molar-refractivity contribution in [1.82, 2.24) is 10.6 Å². The lowest BCUT2D eigenvalue weighted by atomic mass is 10.0. The Kier molecular flexibility index (Phi) is 9.77. The molecular formula is C34H30N4O4. The van der Waals surface area contributed by atoms with E-state index in [-0.39, 0.29) is 23.2 Å². The highest BCUT2D eigenvalue weighted by molar-refractivity contribution is 6.09. The first-order chi connectivity index (χ1) is 20.3. The molecule has 4 aromatic carbocycles. The summed E-state index contributed by atoms with van der Waals surface area (Å²) in [6.07, 6.45) is 3.23. The minimum absolute atomic E-state index is 0.135. The summed E-state index contributed by atoms with van der Waals surface area (Å²) in [7, 11) is 0. The van der Waals surface area contributed by atoms with Crippen LogP contribution in [0.3, 0.4) is 0 Å². The second-order valence-electron chi connectivity index (χ2n) is 9.36. The molecule has 0 fully saturated rings. The molecule has 42 heavy (non-hydrogen) atoms. The Hall–Kier alpha value is -5.76. The molecule has 0 atom stereocenters. The van der Waals surface area contributed by atoms with Crippen molar-refractivity contribution < 1.29 is 19.2 Å². The molecule has 0 spiro atoms. The molecule has 0 aliphatic carbocycles. The van der Waals surface area contributed by atoms with Crippen molar-refractivity contribution in [1.29, 1.82) is 0 Å². The first-order valence-electron chi connectivity index (χ1n) is 13.2. The lowest BCUT2D eigenvalue weighted by Crippen LogP contribution is -2.28. The molecule has 0 saturated heterocycles. The van der Waals surface area contributed by atoms with Crippen LogP contribution in [0.1, 0.15) is 25.0 Å². The molecule has 0 aromatic heterocycles. The van der Waals surface area contributed by atoms with Gasteiger partial charge in [0.05, 0.1) is 0 Å². The van der Waals surface area contributed by atoms with Gasteiger partial charge in [-0.3, -0.25) is 19.2 Å². The highest BCUT2D eigenvalue weighted by atomic mass is 16.2. The van der Waals surface area contributed by atoms with Crippen molar-refractivity contribution in [3.63, 3.8) is 0 Å². The number of anilines is 2. The molecule has 4 aromatic rings. The number of rotatable bonds is 9. The highest BCUT2D eigenvalue weighted by Gasteiger charge is 2.13. The van der Waals surface area contributed by atoms with Crippen molar-refractivity contribution >= 4 is 47.2 Å². The van der Waals surface area contributed by atoms with Gasteiger partial charge in [0.1, 0.15) is 11.4 Å². The summed E-state index contributed by atoms with van der Waals surface area (Å²) in [5, 5.41) is 10.8. The van der Waals surface area contributed by atoms with E-state index in [0.717, 1.165) is 22.3 Å². The zero-order valence-corrected chi connectivity index (χ0v) is 23.2. The van der Waals surface area contributed by atoms with Gasteiger partial charge in [-0.1, -0.05) is 84.9 Å². The first kappa shape index (κ1) is 29.2. The van der Waals surface area contributed by atoms with E-state index in [1.54, 1.807) is 36.4 Å². The Morgan fingerprint density at radius 1 is 0.476 bits per heavy atom. The molecule has 0 bridgehead atoms. The average molecular weight is 559 g/mol. The lowest BCUT2D eigenvalue weighted by molar-refractivity contribution is -0.120. The fourth-order valence-corrected chi connectivity index (χ4v) is 4.02. The van der Waals surface area contributed by atoms with Gasteiger partial charge in [-0.05, 0) is 58.7 Å². The summed E-state index contributed by atoms with van der Waals surface area (Å²) in [5.41, 5.74) is 4.76. The van der Waals surface area contributed by atoms with Crippen LogP contribution < -0.4 is 21.3 Å². The number of hydrogen-bond donors (Lipinski definition) is 4. The van der Waals surface area contributed by atoms with Crippen LogP contribution in [0.4, 0.5) is 11.4 Å². The lowest BCUT2D eigenvalue weighted by Gasteiger charge is -2.12. The largest absolute Gasteiger partial charge is 0.322 e. The van der Waals surface area contributed by atoms with Gasteiger partial charge in [-0.15, -0.1) is 0 Å². The second kappa shape index (κ2) is 14.0. The average Bonchev–Trinajstić information content (AvgIpc) is 2.98. The summed E-state index contributed by atoms with van der Waals surface area (Å²) in [4.78, 5) is 49.1. The van der Waals surface area contributed by atoms with Gasteiger partial charge >= 0.3 is 0 Å². The summed E-state index contributed by atoms with van der Waals surface area (Å²) in [6.45, 7) is 2.70. The third-order valence-corrected chi connectivity index (χ3v) is 5.95. The molecule has 4 N–H and O–H groups in total. The number of amides is 4. The number of hydrogen-bond acceptors (Lipinski definition) is 4. The maximum atomic E-state index is 12.9. The van der Waals surface area contributed by atoms with E-state index in [0.29, 0.717) is 11.4 Å². The van der Waals surface area contributed by atoms with Crippen LogP contribution in [0.5, 0.6) is 0 Å². The predicted molar refractivity (Wildman–Crippen MR) is 166 cm³/mol. The molecule has 4 rings (SSSR count). The molecule has 0 radical (unpaired) electrons. The van der Waals surface area contributed by atoms with Crippen LogP contribution in [0.15, 0.2) is 121 Å². The molecule has 4 amide bonds. The highest BCUT2D eigenvalue weighted by Crippen LogP contribution is 2.24. The van der Waals surface area contributed by atoms with Gasteiger partial charge in [-0.2, -0.15) is 0 Å². The molecular weight excluding hydrogens is 528 g/mol. The minimum atomic E-state index is -0.443. The normalized spacial score (nSPS) is 11.3. The van der Waals surface area contributed by atoms with Crippen LogP contribution >= 0.6 is 0 Å². The summed E-state index contributed by atoms with van der Waals surface area (Å²) < 4.78 is 0. The Balaban J connectivity index is 1.42. The van der Waals surface area contributed by atoms with E-state index < -0.39 is 11.8 Å². The third-order valence-electron chi connectivity index (χ3n) is 5.95. The van der Waals surface area contributed by atoms with E-state index >= 15 is 0 Å². The van der Waals surface area contributed by atoms with Gasteiger partial charge in [0.2, 0.25) is 11.8 Å². The van der Waals surface area contributed by atoms with Crippen LogP contribution in [0.2, 0.25) is 0 Å². The molecule has 0 aliphatic heterocycles. The Morgan fingerprint density at radius 3 is 1.12 bits per heavy atom. The summed E-state index contributed by atoms with van der Waals surface area (Å²) >= 11 is 0. The summed E-state index contributed by atoms with van der Waals surface area (Å²) in [5.74, 6) is -1.58. The van der Waals surface area contributed by atoms with E-state index in [2.05, 4.69) is 21.3 Å². The molecule has 8 nitrogen and oxygen atoms in total. The number of carbonyl (C=O) groups is 4. The van der Waals surface area contributed by atoms with Gasteiger partial charge < -0.3 is 21.3 Å². The number of benzene rings is 4. The van der Waals surface area contributed by atoms with Crippen LogP contribution in [-0.2, 0) is 19.2 Å². The van der Waals surface area contributed by atoms with Gasteiger partial charge in [0.25, 0.3) is 11.8 Å². The monoisotopic (exact) mass is 558 g/mol. The smallest absolute Gasteiger partial charge is 0.272 e. The van der Waals surface area contributed by atoms with E-state index in [1.165, 1.54) is 13.8 Å². The van der Waals surface area contributed by atoms with Gasteiger partial charge in [0.15, 0.2) is 0 Å².